The van der Waals surface area contributed by atoms with Crippen LogP contribution in [0.2, 0.25) is 0 Å². The molecule has 1 aliphatic heterocycles. The lowest BCUT2D eigenvalue weighted by Gasteiger charge is -2.36. The SMILES string of the molecule is CC(C)(C)OC(=O)NC1CCC(C(=O)N2CCN(c3cc(C(F)(F)F)ccn3)CC2)C1.CCOC. The molecule has 35 heavy (non-hydrogen) atoms. The molecule has 11 heteroatoms. The Balaban J connectivity index is 0.00000100. The number of piperazine rings is 1. The number of alkyl carbamates (subject to hydrolysis) is 1. The number of hydrogen-bond acceptors (Lipinski definition) is 6. The van der Waals surface area contributed by atoms with Gasteiger partial charge in [-0.2, -0.15) is 13.2 Å². The van der Waals surface area contributed by atoms with Crippen molar-refractivity contribution in [3.05, 3.63) is 23.9 Å². The monoisotopic (exact) mass is 502 g/mol. The van der Waals surface area contributed by atoms with E-state index in [9.17, 15) is 22.8 Å². The van der Waals surface area contributed by atoms with Crippen molar-refractivity contribution in [1.82, 2.24) is 15.2 Å². The van der Waals surface area contributed by atoms with Crippen LogP contribution >= 0.6 is 0 Å². The molecule has 3 rings (SSSR count). The predicted molar refractivity (Wildman–Crippen MR) is 126 cm³/mol. The zero-order valence-electron chi connectivity index (χ0n) is 21.2. The van der Waals surface area contributed by atoms with Gasteiger partial charge in [-0.15, -0.1) is 0 Å². The number of anilines is 1. The summed E-state index contributed by atoms with van der Waals surface area (Å²) in [5.74, 6) is 0.132. The number of rotatable bonds is 4. The van der Waals surface area contributed by atoms with E-state index in [1.807, 2.05) is 6.92 Å². The molecule has 0 radical (unpaired) electrons. The van der Waals surface area contributed by atoms with Crippen LogP contribution in [-0.2, 0) is 20.4 Å². The van der Waals surface area contributed by atoms with Gasteiger partial charge in [-0.1, -0.05) is 0 Å². The molecule has 2 atom stereocenters. The second-order valence-corrected chi connectivity index (χ2v) is 9.64. The number of methoxy groups -OCH3 is 1. The van der Waals surface area contributed by atoms with E-state index in [1.54, 1.807) is 37.7 Å². The number of pyridine rings is 1. The van der Waals surface area contributed by atoms with Crippen LogP contribution in [0.4, 0.5) is 23.8 Å². The Morgan fingerprint density at radius 1 is 1.14 bits per heavy atom. The molecule has 0 bridgehead atoms. The minimum absolute atomic E-state index is 0.0325. The van der Waals surface area contributed by atoms with Gasteiger partial charge < -0.3 is 24.6 Å². The summed E-state index contributed by atoms with van der Waals surface area (Å²) in [6.45, 7) is 9.86. The third-order valence-electron chi connectivity index (χ3n) is 5.78. The molecular formula is C24H37F3N4O4. The molecule has 1 saturated heterocycles. The zero-order valence-corrected chi connectivity index (χ0v) is 21.2. The molecule has 1 aromatic rings. The fourth-order valence-electron chi connectivity index (χ4n) is 3.99. The second-order valence-electron chi connectivity index (χ2n) is 9.64. The van der Waals surface area contributed by atoms with Crippen LogP contribution in [0, 0.1) is 5.92 Å². The molecular weight excluding hydrogens is 465 g/mol. The van der Waals surface area contributed by atoms with E-state index in [0.29, 0.717) is 45.4 Å². The van der Waals surface area contributed by atoms with Gasteiger partial charge in [0.1, 0.15) is 11.4 Å². The predicted octanol–water partition coefficient (Wildman–Crippen LogP) is 4.10. The molecule has 1 aliphatic carbocycles. The van der Waals surface area contributed by atoms with Gasteiger partial charge in [-0.25, -0.2) is 9.78 Å². The van der Waals surface area contributed by atoms with Crippen molar-refractivity contribution in [2.45, 2.75) is 64.8 Å². The van der Waals surface area contributed by atoms with Gasteiger partial charge in [0.25, 0.3) is 0 Å². The standard InChI is InChI=1S/C21H29F3N4O3.C3H8O/c1-20(2,3)31-19(30)26-16-5-4-14(12-16)18(29)28-10-8-27(9-11-28)17-13-15(6-7-25-17)21(22,23)24;1-3-4-2/h6-7,13-14,16H,4-5,8-12H2,1-3H3,(H,26,30);3H2,1-2H3. The molecule has 2 unspecified atom stereocenters. The highest BCUT2D eigenvalue weighted by atomic mass is 19.4. The first-order valence-corrected chi connectivity index (χ1v) is 11.9. The van der Waals surface area contributed by atoms with E-state index < -0.39 is 23.4 Å². The number of carbonyl (C=O) groups excluding carboxylic acids is 2. The van der Waals surface area contributed by atoms with Gasteiger partial charge in [0.15, 0.2) is 0 Å². The zero-order chi connectivity index (χ0) is 26.2. The van der Waals surface area contributed by atoms with Crippen LogP contribution in [0.1, 0.15) is 52.5 Å². The van der Waals surface area contributed by atoms with Gasteiger partial charge in [0.05, 0.1) is 5.56 Å². The third-order valence-corrected chi connectivity index (χ3v) is 5.78. The average molecular weight is 503 g/mol. The number of halogens is 3. The Morgan fingerprint density at radius 2 is 1.77 bits per heavy atom. The van der Waals surface area contributed by atoms with E-state index in [1.165, 1.54) is 0 Å². The molecule has 2 amide bonds. The van der Waals surface area contributed by atoms with Crippen molar-refractivity contribution in [3.63, 3.8) is 0 Å². The van der Waals surface area contributed by atoms with Crippen molar-refractivity contribution in [1.29, 1.82) is 0 Å². The molecule has 2 fully saturated rings. The van der Waals surface area contributed by atoms with E-state index in [4.69, 9.17) is 4.74 Å². The quantitative estimate of drug-likeness (QED) is 0.668. The first kappa shape index (κ1) is 28.7. The fraction of sp³-hybridized carbons (Fsp3) is 0.708. The number of hydrogen-bond donors (Lipinski definition) is 1. The van der Waals surface area contributed by atoms with Gasteiger partial charge in [0, 0.05) is 58.1 Å². The summed E-state index contributed by atoms with van der Waals surface area (Å²) in [7, 11) is 1.68. The molecule has 0 aromatic carbocycles. The number of nitrogens with zero attached hydrogens (tertiary/aromatic N) is 3. The summed E-state index contributed by atoms with van der Waals surface area (Å²) in [4.78, 5) is 32.4. The highest BCUT2D eigenvalue weighted by Gasteiger charge is 2.36. The Morgan fingerprint density at radius 3 is 2.31 bits per heavy atom. The van der Waals surface area contributed by atoms with Crippen molar-refractivity contribution >= 4 is 17.8 Å². The normalized spacial score (nSPS) is 20.7. The summed E-state index contributed by atoms with van der Waals surface area (Å²) in [5.41, 5.74) is -1.31. The highest BCUT2D eigenvalue weighted by Crippen LogP contribution is 2.31. The highest BCUT2D eigenvalue weighted by molar-refractivity contribution is 5.79. The first-order valence-electron chi connectivity index (χ1n) is 11.9. The molecule has 2 heterocycles. The van der Waals surface area contributed by atoms with Crippen molar-refractivity contribution in [2.75, 3.05) is 44.8 Å². The van der Waals surface area contributed by atoms with Gasteiger partial charge >= 0.3 is 12.3 Å². The van der Waals surface area contributed by atoms with Crippen molar-refractivity contribution < 1.29 is 32.2 Å². The maximum absolute atomic E-state index is 12.9. The van der Waals surface area contributed by atoms with E-state index in [0.717, 1.165) is 24.9 Å². The van der Waals surface area contributed by atoms with E-state index in [2.05, 4.69) is 15.0 Å². The molecule has 1 aromatic heterocycles. The molecule has 1 N–H and O–H groups in total. The number of aromatic nitrogens is 1. The molecule has 1 saturated carbocycles. The summed E-state index contributed by atoms with van der Waals surface area (Å²) < 4.78 is 48.6. The van der Waals surface area contributed by atoms with E-state index in [-0.39, 0.29) is 23.7 Å². The average Bonchev–Trinajstić information content (AvgIpc) is 3.25. The Kier molecular flexibility index (Phi) is 10.2. The smallest absolute Gasteiger partial charge is 0.416 e. The van der Waals surface area contributed by atoms with Crippen LogP contribution in [0.15, 0.2) is 18.3 Å². The maximum atomic E-state index is 12.9. The lowest BCUT2D eigenvalue weighted by Crippen LogP contribution is -2.50. The number of nitrogens with one attached hydrogen (secondary N) is 1. The Bertz CT molecular complexity index is 835. The summed E-state index contributed by atoms with van der Waals surface area (Å²) in [5, 5.41) is 2.83. The number of ether oxygens (including phenoxy) is 2. The molecule has 198 valence electrons. The Labute approximate surface area is 205 Å². The minimum atomic E-state index is -4.41. The van der Waals surface area contributed by atoms with Gasteiger partial charge in [-0.3, -0.25) is 4.79 Å². The summed E-state index contributed by atoms with van der Waals surface area (Å²) in [6, 6.07) is 1.89. The minimum Gasteiger partial charge on any atom is -0.444 e. The van der Waals surface area contributed by atoms with Crippen LogP contribution in [0.5, 0.6) is 0 Å². The maximum Gasteiger partial charge on any atom is 0.416 e. The van der Waals surface area contributed by atoms with Crippen molar-refractivity contribution in [3.8, 4) is 0 Å². The topological polar surface area (TPSA) is 84.0 Å². The van der Waals surface area contributed by atoms with Crippen LogP contribution in [-0.4, -0.2) is 73.4 Å². The second kappa shape index (κ2) is 12.4. The largest absolute Gasteiger partial charge is 0.444 e. The van der Waals surface area contributed by atoms with Gasteiger partial charge in [-0.05, 0) is 59.1 Å². The molecule has 8 nitrogen and oxygen atoms in total. The van der Waals surface area contributed by atoms with Crippen LogP contribution in [0.25, 0.3) is 0 Å². The number of amides is 2. The number of carbonyl (C=O) groups is 2. The third kappa shape index (κ3) is 9.19. The molecule has 0 spiro atoms. The lowest BCUT2D eigenvalue weighted by molar-refractivity contribution is -0.137. The first-order chi connectivity index (χ1) is 16.3. The number of alkyl halides is 3. The van der Waals surface area contributed by atoms with Crippen LogP contribution < -0.4 is 10.2 Å². The van der Waals surface area contributed by atoms with Gasteiger partial charge in [0.2, 0.25) is 5.91 Å². The lowest BCUT2D eigenvalue weighted by atomic mass is 10.1. The van der Waals surface area contributed by atoms with E-state index >= 15 is 0 Å². The fourth-order valence-corrected chi connectivity index (χ4v) is 3.99. The Hall–Kier alpha value is -2.56. The van der Waals surface area contributed by atoms with Crippen LogP contribution in [0.3, 0.4) is 0 Å². The van der Waals surface area contributed by atoms with Crippen molar-refractivity contribution in [2.24, 2.45) is 5.92 Å². The molecule has 2 aliphatic rings. The summed E-state index contributed by atoms with van der Waals surface area (Å²) >= 11 is 0. The summed E-state index contributed by atoms with van der Waals surface area (Å²) in [6.07, 6.45) is -1.77.